The number of carbonyl (C=O) groups excluding carboxylic acids is 1. The molecule has 152 valence electrons. The van der Waals surface area contributed by atoms with E-state index in [0.29, 0.717) is 34.4 Å². The van der Waals surface area contributed by atoms with Gasteiger partial charge >= 0.3 is 0 Å². The molecule has 3 aromatic rings. The first-order valence-electron chi connectivity index (χ1n) is 8.77. The van der Waals surface area contributed by atoms with E-state index in [2.05, 4.69) is 10.3 Å². The molecule has 0 aliphatic rings. The fourth-order valence-corrected chi connectivity index (χ4v) is 3.89. The third-order valence-electron chi connectivity index (χ3n) is 4.29. The normalized spacial score (nSPS) is 10.5. The summed E-state index contributed by atoms with van der Waals surface area (Å²) in [6, 6.07) is 10.8. The van der Waals surface area contributed by atoms with Crippen molar-refractivity contribution < 1.29 is 19.0 Å². The predicted octanol–water partition coefficient (Wildman–Crippen LogP) is 4.73. The molecule has 0 unspecified atom stereocenters. The first-order valence-corrected chi connectivity index (χ1v) is 9.96. The van der Waals surface area contributed by atoms with Crippen LogP contribution in [-0.4, -0.2) is 32.2 Å². The molecule has 0 atom stereocenters. The maximum absolute atomic E-state index is 12.7. The largest absolute Gasteiger partial charge is 0.493 e. The molecule has 8 heteroatoms. The zero-order valence-electron chi connectivity index (χ0n) is 16.5. The van der Waals surface area contributed by atoms with Gasteiger partial charge in [0.15, 0.2) is 11.5 Å². The number of rotatable bonds is 7. The fourth-order valence-electron chi connectivity index (χ4n) is 2.87. The molecular weight excluding hydrogens is 412 g/mol. The van der Waals surface area contributed by atoms with Gasteiger partial charge in [0, 0.05) is 21.0 Å². The molecule has 0 spiro atoms. The van der Waals surface area contributed by atoms with Gasteiger partial charge in [-0.3, -0.25) is 4.79 Å². The Kier molecular flexibility index (Phi) is 6.61. The molecule has 29 heavy (non-hydrogen) atoms. The second-order valence-electron chi connectivity index (χ2n) is 6.12. The molecule has 0 fully saturated rings. The van der Waals surface area contributed by atoms with Crippen molar-refractivity contribution in [1.29, 1.82) is 0 Å². The summed E-state index contributed by atoms with van der Waals surface area (Å²) in [6.07, 6.45) is 0. The summed E-state index contributed by atoms with van der Waals surface area (Å²) in [7, 11) is 4.54. The lowest BCUT2D eigenvalue weighted by Gasteiger charge is -2.13. The van der Waals surface area contributed by atoms with Gasteiger partial charge in [0.25, 0.3) is 5.91 Å². The molecule has 0 saturated carbocycles. The van der Waals surface area contributed by atoms with Crippen LogP contribution in [0.4, 0.5) is 0 Å². The lowest BCUT2D eigenvalue weighted by atomic mass is 10.1. The van der Waals surface area contributed by atoms with Crippen LogP contribution in [0, 0.1) is 6.92 Å². The van der Waals surface area contributed by atoms with Crippen LogP contribution >= 0.6 is 22.9 Å². The molecule has 0 radical (unpaired) electrons. The van der Waals surface area contributed by atoms with Crippen LogP contribution in [0.25, 0.3) is 11.3 Å². The van der Waals surface area contributed by atoms with E-state index in [-0.39, 0.29) is 5.91 Å². The van der Waals surface area contributed by atoms with E-state index in [4.69, 9.17) is 25.8 Å². The Hall–Kier alpha value is -2.77. The number of hydrogen-bond donors (Lipinski definition) is 1. The summed E-state index contributed by atoms with van der Waals surface area (Å²) in [4.78, 5) is 18.4. The van der Waals surface area contributed by atoms with Crippen LogP contribution in [0.2, 0.25) is 5.02 Å². The highest BCUT2D eigenvalue weighted by Gasteiger charge is 2.17. The van der Waals surface area contributed by atoms with Gasteiger partial charge in [-0.15, -0.1) is 11.3 Å². The zero-order chi connectivity index (χ0) is 21.0. The lowest BCUT2D eigenvalue weighted by Crippen LogP contribution is -2.22. The quantitative estimate of drug-likeness (QED) is 0.584. The minimum atomic E-state index is -0.259. The number of hydrogen-bond acceptors (Lipinski definition) is 6. The molecule has 1 heterocycles. The smallest absolute Gasteiger partial charge is 0.251 e. The van der Waals surface area contributed by atoms with Crippen LogP contribution in [0.5, 0.6) is 17.2 Å². The number of carbonyl (C=O) groups is 1. The molecule has 2 aromatic carbocycles. The average molecular weight is 433 g/mol. The Balaban J connectivity index is 1.76. The van der Waals surface area contributed by atoms with Crippen molar-refractivity contribution in [3.05, 3.63) is 56.9 Å². The van der Waals surface area contributed by atoms with Crippen LogP contribution in [0.15, 0.2) is 36.4 Å². The molecule has 3 rings (SSSR count). The first-order chi connectivity index (χ1) is 14.0. The Bertz CT molecular complexity index is 993. The van der Waals surface area contributed by atoms with Gasteiger partial charge in [0.05, 0.1) is 33.6 Å². The van der Waals surface area contributed by atoms with Gasteiger partial charge in [-0.05, 0) is 31.2 Å². The Morgan fingerprint density at radius 2 is 1.69 bits per heavy atom. The molecule has 1 aromatic heterocycles. The van der Waals surface area contributed by atoms with Crippen LogP contribution in [0.3, 0.4) is 0 Å². The zero-order valence-corrected chi connectivity index (χ0v) is 18.1. The van der Waals surface area contributed by atoms with Gasteiger partial charge in [0.1, 0.15) is 5.01 Å². The van der Waals surface area contributed by atoms with Crippen molar-refractivity contribution >= 4 is 28.8 Å². The van der Waals surface area contributed by atoms with Gasteiger partial charge in [-0.1, -0.05) is 23.7 Å². The Labute approximate surface area is 178 Å². The minimum Gasteiger partial charge on any atom is -0.493 e. The first kappa shape index (κ1) is 21.0. The summed E-state index contributed by atoms with van der Waals surface area (Å²) in [5, 5.41) is 4.39. The summed E-state index contributed by atoms with van der Waals surface area (Å²) >= 11 is 7.50. The van der Waals surface area contributed by atoms with E-state index in [9.17, 15) is 4.79 Å². The van der Waals surface area contributed by atoms with Crippen molar-refractivity contribution in [2.45, 2.75) is 13.5 Å². The highest BCUT2D eigenvalue weighted by Crippen LogP contribution is 2.38. The summed E-state index contributed by atoms with van der Waals surface area (Å²) in [5.74, 6) is 1.03. The molecule has 1 amide bonds. The van der Waals surface area contributed by atoms with Crippen molar-refractivity contribution in [1.82, 2.24) is 10.3 Å². The van der Waals surface area contributed by atoms with E-state index in [1.54, 1.807) is 23.5 Å². The average Bonchev–Trinajstić information content (AvgIpc) is 3.11. The molecular formula is C21H21ClN2O4S. The van der Waals surface area contributed by atoms with Gasteiger partial charge in [-0.2, -0.15) is 0 Å². The predicted molar refractivity (Wildman–Crippen MR) is 115 cm³/mol. The van der Waals surface area contributed by atoms with Gasteiger partial charge in [0.2, 0.25) is 5.75 Å². The van der Waals surface area contributed by atoms with Gasteiger partial charge < -0.3 is 19.5 Å². The third-order valence-corrected chi connectivity index (χ3v) is 5.51. The number of nitrogens with one attached hydrogen (secondary N) is 1. The number of ether oxygens (including phenoxy) is 3. The third kappa shape index (κ3) is 4.63. The maximum atomic E-state index is 12.7. The summed E-state index contributed by atoms with van der Waals surface area (Å²) < 4.78 is 15.9. The van der Waals surface area contributed by atoms with E-state index in [1.165, 1.54) is 21.3 Å². The van der Waals surface area contributed by atoms with Crippen molar-refractivity contribution in [2.75, 3.05) is 21.3 Å². The fraction of sp³-hybridized carbons (Fsp3) is 0.238. The van der Waals surface area contributed by atoms with E-state index in [0.717, 1.165) is 21.1 Å². The van der Waals surface area contributed by atoms with Crippen LogP contribution in [0.1, 0.15) is 20.2 Å². The molecule has 0 aliphatic carbocycles. The maximum Gasteiger partial charge on any atom is 0.251 e. The van der Waals surface area contributed by atoms with Gasteiger partial charge in [-0.25, -0.2) is 4.98 Å². The highest BCUT2D eigenvalue weighted by molar-refractivity contribution is 7.12. The number of aryl methyl sites for hydroxylation is 1. The number of halogens is 1. The topological polar surface area (TPSA) is 69.7 Å². The van der Waals surface area contributed by atoms with Crippen LogP contribution in [-0.2, 0) is 6.54 Å². The molecule has 0 aliphatic heterocycles. The molecule has 0 saturated heterocycles. The Morgan fingerprint density at radius 1 is 1.07 bits per heavy atom. The van der Waals surface area contributed by atoms with Crippen LogP contribution < -0.4 is 19.5 Å². The highest BCUT2D eigenvalue weighted by atomic mass is 35.5. The van der Waals surface area contributed by atoms with E-state index in [1.807, 2.05) is 31.2 Å². The second-order valence-corrected chi connectivity index (χ2v) is 7.84. The van der Waals surface area contributed by atoms with Crippen molar-refractivity contribution in [3.8, 4) is 28.5 Å². The second kappa shape index (κ2) is 9.15. The lowest BCUT2D eigenvalue weighted by molar-refractivity contribution is 0.0950. The molecule has 6 nitrogen and oxygen atoms in total. The minimum absolute atomic E-state index is 0.259. The number of benzene rings is 2. The number of methoxy groups -OCH3 is 3. The molecule has 0 bridgehead atoms. The summed E-state index contributed by atoms with van der Waals surface area (Å²) in [5.41, 5.74) is 2.29. The molecule has 1 N–H and O–H groups in total. The SMILES string of the molecule is COc1cc(C(=O)NCc2nc(-c3ccc(Cl)cc3)c(C)s2)cc(OC)c1OC. The van der Waals surface area contributed by atoms with Crippen molar-refractivity contribution in [3.63, 3.8) is 0 Å². The number of nitrogens with zero attached hydrogens (tertiary/aromatic N) is 1. The van der Waals surface area contributed by atoms with Crippen molar-refractivity contribution in [2.24, 2.45) is 0 Å². The number of aromatic nitrogens is 1. The number of thiazole rings is 1. The summed E-state index contributed by atoms with van der Waals surface area (Å²) in [6.45, 7) is 2.32. The monoisotopic (exact) mass is 432 g/mol. The van der Waals surface area contributed by atoms with E-state index >= 15 is 0 Å². The number of amides is 1. The van der Waals surface area contributed by atoms with E-state index < -0.39 is 0 Å². The standard InChI is InChI=1S/C21H21ClN2O4S/c1-12-19(13-5-7-15(22)8-6-13)24-18(29-12)11-23-21(25)14-9-16(26-2)20(28-4)17(10-14)27-3/h5-10H,11H2,1-4H3,(H,23,25). The Morgan fingerprint density at radius 3 is 2.24 bits per heavy atom.